The number of esters is 1. The highest BCUT2D eigenvalue weighted by atomic mass is 16.6. The van der Waals surface area contributed by atoms with E-state index in [1.807, 2.05) is 0 Å². The maximum absolute atomic E-state index is 11.9. The normalized spacial score (nSPS) is 26.9. The van der Waals surface area contributed by atoms with Crippen LogP contribution >= 0.6 is 0 Å². The number of hydrogen-bond donors (Lipinski definition) is 2. The van der Waals surface area contributed by atoms with Gasteiger partial charge in [-0.2, -0.15) is 0 Å². The second kappa shape index (κ2) is 4.41. The van der Waals surface area contributed by atoms with Crippen LogP contribution in [-0.2, 0) is 14.3 Å². The summed E-state index contributed by atoms with van der Waals surface area (Å²) < 4.78 is 5.18. The van der Waals surface area contributed by atoms with Crippen LogP contribution in [0.25, 0.3) is 0 Å². The largest absolute Gasteiger partial charge is 0.458 e. The molecule has 0 aliphatic carbocycles. The summed E-state index contributed by atoms with van der Waals surface area (Å²) in [7, 11) is 0. The van der Waals surface area contributed by atoms with Gasteiger partial charge in [0.15, 0.2) is 5.54 Å². The topological polar surface area (TPSA) is 81.4 Å². The van der Waals surface area contributed by atoms with Crippen molar-refractivity contribution in [2.45, 2.75) is 51.2 Å². The lowest BCUT2D eigenvalue weighted by Gasteiger charge is -2.28. The summed E-state index contributed by atoms with van der Waals surface area (Å²) in [5, 5.41) is 2.64. The molecule has 5 nitrogen and oxygen atoms in total. The molecule has 1 heterocycles. The summed E-state index contributed by atoms with van der Waals surface area (Å²) in [6.45, 7) is 5.83. The standard InChI is InChI=1S/C11H20N2O3/c1-10(2,3)16-9(15)11(12)6-4-5-7-13-8(11)14/h4-7,12H2,1-3H3,(H,13,14)/t11-/m0/s1. The lowest BCUT2D eigenvalue weighted by Crippen LogP contribution is -2.60. The molecule has 0 radical (unpaired) electrons. The molecule has 3 N–H and O–H groups in total. The maximum atomic E-state index is 11.9. The highest BCUT2D eigenvalue weighted by Gasteiger charge is 2.45. The average molecular weight is 228 g/mol. The van der Waals surface area contributed by atoms with E-state index in [2.05, 4.69) is 5.32 Å². The second-order valence-corrected chi connectivity index (χ2v) is 5.19. The minimum absolute atomic E-state index is 0.341. The minimum Gasteiger partial charge on any atom is -0.458 e. The number of ether oxygens (including phenoxy) is 1. The van der Waals surface area contributed by atoms with Crippen molar-refractivity contribution in [3.05, 3.63) is 0 Å². The molecule has 0 bridgehead atoms. The van der Waals surface area contributed by atoms with E-state index in [4.69, 9.17) is 10.5 Å². The van der Waals surface area contributed by atoms with E-state index in [0.717, 1.165) is 12.8 Å². The molecule has 0 aromatic carbocycles. The van der Waals surface area contributed by atoms with Gasteiger partial charge in [0, 0.05) is 6.54 Å². The molecule has 1 rings (SSSR count). The molecule has 0 aromatic heterocycles. The minimum atomic E-state index is -1.52. The number of carbonyl (C=O) groups excluding carboxylic acids is 2. The lowest BCUT2D eigenvalue weighted by molar-refractivity contribution is -0.164. The van der Waals surface area contributed by atoms with E-state index >= 15 is 0 Å². The Hall–Kier alpha value is -1.10. The third kappa shape index (κ3) is 2.95. The summed E-state index contributed by atoms with van der Waals surface area (Å²) >= 11 is 0. The molecule has 92 valence electrons. The first-order chi connectivity index (χ1) is 7.26. The first-order valence-electron chi connectivity index (χ1n) is 5.56. The van der Waals surface area contributed by atoms with Crippen LogP contribution < -0.4 is 11.1 Å². The smallest absolute Gasteiger partial charge is 0.336 e. The zero-order valence-corrected chi connectivity index (χ0v) is 10.1. The van der Waals surface area contributed by atoms with Crippen molar-refractivity contribution in [2.24, 2.45) is 5.73 Å². The van der Waals surface area contributed by atoms with E-state index in [1.54, 1.807) is 20.8 Å². The van der Waals surface area contributed by atoms with Crippen molar-refractivity contribution in [2.75, 3.05) is 6.54 Å². The summed E-state index contributed by atoms with van der Waals surface area (Å²) in [6, 6.07) is 0. The van der Waals surface area contributed by atoms with Crippen LogP contribution in [0, 0.1) is 0 Å². The van der Waals surface area contributed by atoms with E-state index in [1.165, 1.54) is 0 Å². The Bertz CT molecular complexity index is 296. The molecule has 5 heteroatoms. The van der Waals surface area contributed by atoms with Crippen LogP contribution in [-0.4, -0.2) is 29.6 Å². The first-order valence-corrected chi connectivity index (χ1v) is 5.56. The van der Waals surface area contributed by atoms with E-state index in [-0.39, 0.29) is 0 Å². The zero-order chi connectivity index (χ0) is 12.4. The van der Waals surface area contributed by atoms with Crippen LogP contribution in [0.2, 0.25) is 0 Å². The quantitative estimate of drug-likeness (QED) is 0.500. The molecule has 1 fully saturated rings. The monoisotopic (exact) mass is 228 g/mol. The van der Waals surface area contributed by atoms with Gasteiger partial charge < -0.3 is 15.8 Å². The lowest BCUT2D eigenvalue weighted by atomic mass is 9.94. The fourth-order valence-electron chi connectivity index (χ4n) is 1.57. The Morgan fingerprint density at radius 1 is 1.44 bits per heavy atom. The van der Waals surface area contributed by atoms with Crippen molar-refractivity contribution in [1.29, 1.82) is 0 Å². The van der Waals surface area contributed by atoms with Gasteiger partial charge in [0.1, 0.15) is 5.60 Å². The number of hydrogen-bond acceptors (Lipinski definition) is 4. The van der Waals surface area contributed by atoms with Gasteiger partial charge in [-0.3, -0.25) is 4.79 Å². The molecule has 1 aliphatic heterocycles. The third-order valence-electron chi connectivity index (χ3n) is 2.45. The summed E-state index contributed by atoms with van der Waals surface area (Å²) in [4.78, 5) is 23.6. The first kappa shape index (κ1) is 13.0. The van der Waals surface area contributed by atoms with E-state index in [0.29, 0.717) is 13.0 Å². The molecular weight excluding hydrogens is 208 g/mol. The average Bonchev–Trinajstić information content (AvgIpc) is 2.28. The zero-order valence-electron chi connectivity index (χ0n) is 10.1. The van der Waals surface area contributed by atoms with Gasteiger partial charge in [0.2, 0.25) is 0 Å². The van der Waals surface area contributed by atoms with Crippen molar-refractivity contribution in [3.8, 4) is 0 Å². The molecule has 1 amide bonds. The van der Waals surface area contributed by atoms with Crippen molar-refractivity contribution in [3.63, 3.8) is 0 Å². The molecule has 0 aromatic rings. The Balaban J connectivity index is 2.81. The summed E-state index contributed by atoms with van der Waals surface area (Å²) in [6.07, 6.45) is 1.93. The van der Waals surface area contributed by atoms with E-state index in [9.17, 15) is 9.59 Å². The number of nitrogens with one attached hydrogen (secondary N) is 1. The van der Waals surface area contributed by atoms with Crippen LogP contribution in [0.3, 0.4) is 0 Å². The fraction of sp³-hybridized carbons (Fsp3) is 0.818. The molecule has 0 unspecified atom stereocenters. The van der Waals surface area contributed by atoms with Crippen molar-refractivity contribution in [1.82, 2.24) is 5.32 Å². The Kier molecular flexibility index (Phi) is 3.57. The number of carbonyl (C=O) groups is 2. The molecule has 0 saturated carbocycles. The highest BCUT2D eigenvalue weighted by Crippen LogP contribution is 2.20. The molecule has 0 spiro atoms. The Morgan fingerprint density at radius 3 is 2.62 bits per heavy atom. The number of nitrogens with two attached hydrogens (primary N) is 1. The number of rotatable bonds is 1. The molecule has 16 heavy (non-hydrogen) atoms. The predicted octanol–water partition coefficient (Wildman–Crippen LogP) is 0.326. The SMILES string of the molecule is CC(C)(C)OC(=O)[C@]1(N)CCCCNC1=O. The maximum Gasteiger partial charge on any atom is 0.336 e. The van der Waals surface area contributed by atoms with Crippen LogP contribution in [0.1, 0.15) is 40.0 Å². The van der Waals surface area contributed by atoms with Gasteiger partial charge >= 0.3 is 5.97 Å². The molecule has 1 saturated heterocycles. The molecular formula is C11H20N2O3. The molecule has 1 aliphatic rings. The predicted molar refractivity (Wildman–Crippen MR) is 59.6 cm³/mol. The second-order valence-electron chi connectivity index (χ2n) is 5.19. The third-order valence-corrected chi connectivity index (χ3v) is 2.45. The summed E-state index contributed by atoms with van der Waals surface area (Å²) in [5.74, 6) is -1.07. The van der Waals surface area contributed by atoms with Crippen molar-refractivity contribution < 1.29 is 14.3 Å². The van der Waals surface area contributed by atoms with Crippen molar-refractivity contribution >= 4 is 11.9 Å². The van der Waals surface area contributed by atoms with Gasteiger partial charge in [-0.05, 0) is 40.0 Å². The van der Waals surface area contributed by atoms with Gasteiger partial charge in [-0.1, -0.05) is 0 Å². The van der Waals surface area contributed by atoms with E-state index < -0.39 is 23.0 Å². The van der Waals surface area contributed by atoms with Crippen LogP contribution in [0.4, 0.5) is 0 Å². The van der Waals surface area contributed by atoms with Gasteiger partial charge in [0.25, 0.3) is 5.91 Å². The highest BCUT2D eigenvalue weighted by molar-refractivity contribution is 6.07. The van der Waals surface area contributed by atoms with Crippen LogP contribution in [0.5, 0.6) is 0 Å². The van der Waals surface area contributed by atoms with Crippen LogP contribution in [0.15, 0.2) is 0 Å². The summed E-state index contributed by atoms with van der Waals surface area (Å²) in [5.41, 5.74) is 3.71. The fourth-order valence-corrected chi connectivity index (χ4v) is 1.57. The molecule has 1 atom stereocenters. The Labute approximate surface area is 95.7 Å². The number of amides is 1. The Morgan fingerprint density at radius 2 is 2.06 bits per heavy atom. The van der Waals surface area contributed by atoms with Gasteiger partial charge in [-0.15, -0.1) is 0 Å². The van der Waals surface area contributed by atoms with Gasteiger partial charge in [0.05, 0.1) is 0 Å². The van der Waals surface area contributed by atoms with Gasteiger partial charge in [-0.25, -0.2) is 4.79 Å².